The van der Waals surface area contributed by atoms with Crippen LogP contribution in [-0.2, 0) is 19.4 Å². The summed E-state index contributed by atoms with van der Waals surface area (Å²) in [7, 11) is 0. The molecule has 0 aromatic rings. The monoisotopic (exact) mass is 364 g/mol. The van der Waals surface area contributed by atoms with Crippen LogP contribution in [0.3, 0.4) is 0 Å². The van der Waals surface area contributed by atoms with E-state index >= 15 is 0 Å². The Hall–Kier alpha value is -1.45. The van der Waals surface area contributed by atoms with E-state index in [2.05, 4.69) is 9.78 Å². The Kier molecular flexibility index (Phi) is 10.5. The number of aliphatic carboxylic acids is 1. The lowest BCUT2D eigenvalue weighted by atomic mass is 10.1. The first-order valence-electron chi connectivity index (χ1n) is 7.55. The van der Waals surface area contributed by atoms with Gasteiger partial charge in [0, 0.05) is 19.3 Å². The van der Waals surface area contributed by atoms with Gasteiger partial charge in [0.1, 0.15) is 0 Å². The number of carboxylic acids is 1. The number of rotatable bonds is 13. The lowest BCUT2D eigenvalue weighted by molar-refractivity contribution is -0.284. The van der Waals surface area contributed by atoms with Gasteiger partial charge in [-0.1, -0.05) is 12.8 Å². The third-order valence-electron chi connectivity index (χ3n) is 3.06. The van der Waals surface area contributed by atoms with Crippen molar-refractivity contribution in [3.05, 3.63) is 0 Å². The van der Waals surface area contributed by atoms with Crippen LogP contribution in [0.5, 0.6) is 0 Å². The maximum absolute atomic E-state index is 12.6. The highest BCUT2D eigenvalue weighted by Crippen LogP contribution is 2.39. The third-order valence-corrected chi connectivity index (χ3v) is 3.06. The molecule has 1 N–H and O–H groups in total. The second-order valence-corrected chi connectivity index (χ2v) is 5.24. The van der Waals surface area contributed by atoms with Gasteiger partial charge in [-0.2, -0.15) is 26.8 Å². The summed E-state index contributed by atoms with van der Waals surface area (Å²) in [5.74, 6) is -6.27. The van der Waals surface area contributed by atoms with Crippen LogP contribution in [0.4, 0.5) is 22.0 Å². The summed E-state index contributed by atoms with van der Waals surface area (Å²) in [6.45, 7) is 0.0104. The number of hydrogen-bond acceptors (Lipinski definition) is 4. The fourth-order valence-electron chi connectivity index (χ4n) is 1.70. The van der Waals surface area contributed by atoms with Crippen LogP contribution < -0.4 is 0 Å². The molecule has 10 heteroatoms. The molecule has 5 nitrogen and oxygen atoms in total. The standard InChI is InChI=1S/C14H21F5O5/c15-13(16,14(17,18)19)9-5-1-2-6-10-23-24-12(22)8-4-3-7-11(20)21/h1-10H2,(H,20,21). The van der Waals surface area contributed by atoms with E-state index in [0.29, 0.717) is 25.7 Å². The first-order valence-corrected chi connectivity index (χ1v) is 7.55. The van der Waals surface area contributed by atoms with Crippen molar-refractivity contribution in [3.8, 4) is 0 Å². The minimum absolute atomic E-state index is 0.0104. The Labute approximate surface area is 136 Å². The Bertz CT molecular complexity index is 384. The smallest absolute Gasteiger partial charge is 0.453 e. The molecule has 0 spiro atoms. The lowest BCUT2D eigenvalue weighted by Crippen LogP contribution is -2.36. The number of halogens is 5. The van der Waals surface area contributed by atoms with E-state index in [9.17, 15) is 31.5 Å². The fourth-order valence-corrected chi connectivity index (χ4v) is 1.70. The van der Waals surface area contributed by atoms with Crippen LogP contribution in [0, 0.1) is 0 Å². The van der Waals surface area contributed by atoms with Gasteiger partial charge in [-0.25, -0.2) is 4.79 Å². The number of hydrogen-bond donors (Lipinski definition) is 1. The number of carboxylic acid groups (broad SMARTS) is 1. The van der Waals surface area contributed by atoms with Crippen LogP contribution in [0.25, 0.3) is 0 Å². The summed E-state index contributed by atoms with van der Waals surface area (Å²) in [6.07, 6.45) is -5.48. The molecule has 0 aliphatic heterocycles. The zero-order valence-corrected chi connectivity index (χ0v) is 13.0. The number of carbonyl (C=O) groups excluding carboxylic acids is 1. The molecule has 0 saturated carbocycles. The number of unbranched alkanes of at least 4 members (excludes halogenated alkanes) is 4. The van der Waals surface area contributed by atoms with Crippen LogP contribution in [0.1, 0.15) is 57.8 Å². The quantitative estimate of drug-likeness (QED) is 0.229. The summed E-state index contributed by atoms with van der Waals surface area (Å²) >= 11 is 0. The average molecular weight is 364 g/mol. The summed E-state index contributed by atoms with van der Waals surface area (Å²) in [5, 5.41) is 8.39. The summed E-state index contributed by atoms with van der Waals surface area (Å²) in [6, 6.07) is 0. The van der Waals surface area contributed by atoms with E-state index in [4.69, 9.17) is 5.11 Å². The first kappa shape index (κ1) is 22.6. The van der Waals surface area contributed by atoms with Crippen LogP contribution in [0.2, 0.25) is 0 Å². The van der Waals surface area contributed by atoms with E-state index in [1.54, 1.807) is 0 Å². The highest BCUT2D eigenvalue weighted by atomic mass is 19.4. The normalized spacial score (nSPS) is 12.2. The van der Waals surface area contributed by atoms with Gasteiger partial charge in [-0.15, -0.1) is 0 Å². The molecule has 0 atom stereocenters. The van der Waals surface area contributed by atoms with Gasteiger partial charge >= 0.3 is 24.0 Å². The maximum atomic E-state index is 12.6. The second-order valence-electron chi connectivity index (χ2n) is 5.24. The topological polar surface area (TPSA) is 72.8 Å². The number of carbonyl (C=O) groups is 2. The van der Waals surface area contributed by atoms with Crippen molar-refractivity contribution < 1.29 is 46.4 Å². The largest absolute Gasteiger partial charge is 0.481 e. The SMILES string of the molecule is O=C(O)CCCCC(=O)OOCCCCCCC(F)(F)C(F)(F)F. The van der Waals surface area contributed by atoms with Gasteiger partial charge in [0.2, 0.25) is 0 Å². The van der Waals surface area contributed by atoms with Crippen molar-refractivity contribution in [2.45, 2.75) is 69.9 Å². The minimum Gasteiger partial charge on any atom is -0.481 e. The van der Waals surface area contributed by atoms with Gasteiger partial charge in [0.05, 0.1) is 6.61 Å². The van der Waals surface area contributed by atoms with Gasteiger partial charge in [0.15, 0.2) is 0 Å². The van der Waals surface area contributed by atoms with Crippen molar-refractivity contribution in [1.29, 1.82) is 0 Å². The van der Waals surface area contributed by atoms with Crippen LogP contribution in [0.15, 0.2) is 0 Å². The highest BCUT2D eigenvalue weighted by Gasteiger charge is 2.56. The van der Waals surface area contributed by atoms with Crippen molar-refractivity contribution in [2.75, 3.05) is 6.61 Å². The maximum Gasteiger partial charge on any atom is 0.453 e. The van der Waals surface area contributed by atoms with Crippen molar-refractivity contribution in [1.82, 2.24) is 0 Å². The van der Waals surface area contributed by atoms with E-state index in [0.717, 1.165) is 0 Å². The van der Waals surface area contributed by atoms with Crippen LogP contribution in [-0.4, -0.2) is 35.8 Å². The van der Waals surface area contributed by atoms with Gasteiger partial charge < -0.3 is 5.11 Å². The lowest BCUT2D eigenvalue weighted by Gasteiger charge is -2.19. The van der Waals surface area contributed by atoms with Crippen molar-refractivity contribution in [3.63, 3.8) is 0 Å². The predicted octanol–water partition coefficient (Wildman–Crippen LogP) is 4.25. The zero-order chi connectivity index (χ0) is 18.6. The van der Waals surface area contributed by atoms with Crippen molar-refractivity contribution in [2.24, 2.45) is 0 Å². The summed E-state index contributed by atoms with van der Waals surface area (Å²) in [5.41, 5.74) is 0. The molecule has 0 fully saturated rings. The van der Waals surface area contributed by atoms with Gasteiger partial charge in [0.25, 0.3) is 0 Å². The Balaban J connectivity index is 3.48. The molecule has 0 amide bonds. The molecule has 0 radical (unpaired) electrons. The molecule has 0 aliphatic carbocycles. The molecule has 142 valence electrons. The first-order chi connectivity index (χ1) is 11.1. The van der Waals surface area contributed by atoms with E-state index in [-0.39, 0.29) is 32.3 Å². The summed E-state index contributed by atoms with van der Waals surface area (Å²) in [4.78, 5) is 30.4. The van der Waals surface area contributed by atoms with Crippen molar-refractivity contribution >= 4 is 11.9 Å². The van der Waals surface area contributed by atoms with E-state index < -0.39 is 30.5 Å². The molecule has 0 aliphatic rings. The molecule has 0 unspecified atom stereocenters. The molecule has 0 heterocycles. The fraction of sp³-hybridized carbons (Fsp3) is 0.857. The minimum atomic E-state index is -5.52. The Morgan fingerprint density at radius 1 is 0.833 bits per heavy atom. The summed E-state index contributed by atoms with van der Waals surface area (Å²) < 4.78 is 60.8. The second kappa shape index (κ2) is 11.2. The molecule has 0 aromatic heterocycles. The molecule has 0 bridgehead atoms. The Morgan fingerprint density at radius 3 is 2.00 bits per heavy atom. The molecule has 0 aromatic carbocycles. The number of alkyl halides is 5. The molecule has 24 heavy (non-hydrogen) atoms. The molecular weight excluding hydrogens is 343 g/mol. The molecular formula is C14H21F5O5. The van der Waals surface area contributed by atoms with Gasteiger partial charge in [-0.3, -0.25) is 9.68 Å². The van der Waals surface area contributed by atoms with Crippen LogP contribution >= 0.6 is 0 Å². The zero-order valence-electron chi connectivity index (χ0n) is 13.0. The Morgan fingerprint density at radius 2 is 1.42 bits per heavy atom. The molecule has 0 saturated heterocycles. The highest BCUT2D eigenvalue weighted by molar-refractivity contribution is 5.69. The third kappa shape index (κ3) is 11.1. The van der Waals surface area contributed by atoms with E-state index in [1.165, 1.54) is 0 Å². The average Bonchev–Trinajstić information content (AvgIpc) is 2.45. The van der Waals surface area contributed by atoms with E-state index in [1.807, 2.05) is 0 Å². The molecule has 0 rings (SSSR count). The predicted molar refractivity (Wildman–Crippen MR) is 72.2 cm³/mol. The van der Waals surface area contributed by atoms with Gasteiger partial charge in [-0.05, 0) is 25.7 Å².